The molecular formula is C30H61KO3. The van der Waals surface area contributed by atoms with Gasteiger partial charge in [-0.25, -0.2) is 0 Å². The Bertz CT molecular complexity index is 320. The molecular weight excluding hydrogens is 447 g/mol. The molecule has 0 aromatic heterocycles. The quantitative estimate of drug-likeness (QED) is 0.104. The van der Waals surface area contributed by atoms with E-state index in [9.17, 15) is 0 Å². The Kier molecular flexibility index (Phi) is 44.9. The first-order valence-electron chi connectivity index (χ1n) is 14.9. The molecule has 0 aliphatic carbocycles. The average molecular weight is 509 g/mol. The van der Waals surface area contributed by atoms with Crippen molar-refractivity contribution in [2.24, 2.45) is 0 Å². The van der Waals surface area contributed by atoms with Gasteiger partial charge >= 0.3 is 51.4 Å². The summed E-state index contributed by atoms with van der Waals surface area (Å²) < 4.78 is 5.82. The zero-order chi connectivity index (χ0) is 24.7. The topological polar surface area (TPSA) is 49.4 Å². The number of carbonyl (C=O) groups is 1. The van der Waals surface area contributed by atoms with Crippen molar-refractivity contribution in [3.8, 4) is 0 Å². The van der Waals surface area contributed by atoms with Gasteiger partial charge in [-0.1, -0.05) is 155 Å². The van der Waals surface area contributed by atoms with Gasteiger partial charge < -0.3 is 14.6 Å². The number of unbranched alkanes of at least 4 members (excludes halogenated alkanes) is 22. The molecule has 0 amide bonds. The summed E-state index contributed by atoms with van der Waals surface area (Å²) in [5, 5.41) is 8.89. The molecule has 0 bridgehead atoms. The fourth-order valence-corrected chi connectivity index (χ4v) is 4.19. The molecule has 34 heavy (non-hydrogen) atoms. The molecule has 0 saturated heterocycles. The largest absolute Gasteiger partial charge is 1.00 e. The van der Waals surface area contributed by atoms with Gasteiger partial charge in [0.05, 0.1) is 0 Å². The summed E-state index contributed by atoms with van der Waals surface area (Å²) in [6.07, 6.45) is 34.1. The Hall–Kier alpha value is 1.07. The third kappa shape index (κ3) is 46.4. The Balaban J connectivity index is -0.00000177. The smallest absolute Gasteiger partial charge is 0.550 e. The number of hydrogen-bond donors (Lipinski definition) is 0. The fourth-order valence-electron chi connectivity index (χ4n) is 4.19. The summed E-state index contributed by atoms with van der Waals surface area (Å²) in [4.78, 5) is 8.89. The van der Waals surface area contributed by atoms with E-state index in [1.54, 1.807) is 0 Å². The molecule has 0 unspecified atom stereocenters. The molecule has 0 rings (SSSR count). The maximum Gasteiger partial charge on any atom is 1.00 e. The Morgan fingerprint density at radius 2 is 0.647 bits per heavy atom. The van der Waals surface area contributed by atoms with Gasteiger partial charge in [-0.3, -0.25) is 0 Å². The number of carbonyl (C=O) groups excluding carboxylic acids is 1. The van der Waals surface area contributed by atoms with Gasteiger partial charge in [-0.15, -0.1) is 0 Å². The predicted molar refractivity (Wildman–Crippen MR) is 144 cm³/mol. The van der Waals surface area contributed by atoms with Crippen LogP contribution in [0.4, 0.5) is 0 Å². The van der Waals surface area contributed by atoms with Gasteiger partial charge in [-0.2, -0.15) is 0 Å². The van der Waals surface area contributed by atoms with E-state index in [4.69, 9.17) is 14.6 Å². The minimum atomic E-state index is -1.08. The first-order valence-corrected chi connectivity index (χ1v) is 14.9. The Morgan fingerprint density at radius 1 is 0.471 bits per heavy atom. The van der Waals surface area contributed by atoms with Crippen LogP contribution in [-0.2, 0) is 9.53 Å². The summed E-state index contributed by atoms with van der Waals surface area (Å²) in [5.74, 6) is -1.08. The van der Waals surface area contributed by atoms with E-state index >= 15 is 0 Å². The average Bonchev–Trinajstić information content (AvgIpc) is 2.79. The third-order valence-electron chi connectivity index (χ3n) is 6.28. The minimum Gasteiger partial charge on any atom is -0.550 e. The van der Waals surface area contributed by atoms with Crippen LogP contribution in [0.5, 0.6) is 0 Å². The van der Waals surface area contributed by atoms with Gasteiger partial charge in [0.15, 0.2) is 0 Å². The second kappa shape index (κ2) is 38.6. The van der Waals surface area contributed by atoms with E-state index in [1.807, 2.05) is 0 Å². The molecule has 0 aliphatic heterocycles. The van der Waals surface area contributed by atoms with Gasteiger partial charge in [0.2, 0.25) is 0 Å². The summed E-state index contributed by atoms with van der Waals surface area (Å²) in [7, 11) is 0. The van der Waals surface area contributed by atoms with Crippen molar-refractivity contribution in [1.29, 1.82) is 0 Å². The van der Waals surface area contributed by atoms with E-state index in [2.05, 4.69) is 13.8 Å². The summed E-state index contributed by atoms with van der Waals surface area (Å²) >= 11 is 0. The molecule has 0 N–H and O–H groups in total. The molecule has 200 valence electrons. The monoisotopic (exact) mass is 508 g/mol. The molecule has 0 aromatic carbocycles. The normalized spacial score (nSPS) is 10.4. The van der Waals surface area contributed by atoms with E-state index in [-0.39, 0.29) is 51.4 Å². The van der Waals surface area contributed by atoms with Crippen LogP contribution in [0.1, 0.15) is 175 Å². The molecule has 0 aliphatic rings. The molecule has 0 fully saturated rings. The van der Waals surface area contributed by atoms with Crippen LogP contribution in [0.3, 0.4) is 0 Å². The van der Waals surface area contributed by atoms with Crippen LogP contribution in [0.25, 0.3) is 0 Å². The van der Waals surface area contributed by atoms with E-state index in [0.29, 0.717) is 0 Å². The van der Waals surface area contributed by atoms with Crippen molar-refractivity contribution in [2.75, 3.05) is 13.2 Å². The van der Waals surface area contributed by atoms with Crippen LogP contribution in [0, 0.1) is 0 Å². The van der Waals surface area contributed by atoms with Crippen LogP contribution in [0.15, 0.2) is 0 Å². The van der Waals surface area contributed by atoms with Crippen molar-refractivity contribution < 1.29 is 66.0 Å². The fraction of sp³-hybridized carbons (Fsp3) is 0.967. The molecule has 0 atom stereocenters. The standard InChI is InChI=1S/C28H58O.C2H4O2.K/c1-3-5-7-9-11-13-15-17-19-21-23-25-27-29-28-26-24-22-20-18-16-14-12-10-8-6-4-2;1-2(3)4;/h3-28H2,1-2H3;1H3,(H,3,4);/q;;+1/p-1. The minimum absolute atomic E-state index is 0. The van der Waals surface area contributed by atoms with Crippen molar-refractivity contribution >= 4 is 5.97 Å². The van der Waals surface area contributed by atoms with E-state index in [0.717, 1.165) is 20.1 Å². The zero-order valence-electron chi connectivity index (χ0n) is 24.1. The predicted octanol–water partition coefficient (Wildman–Crippen LogP) is 6.17. The second-order valence-corrected chi connectivity index (χ2v) is 9.88. The molecule has 0 spiro atoms. The maximum atomic E-state index is 8.89. The zero-order valence-corrected chi connectivity index (χ0v) is 27.2. The molecule has 0 aromatic rings. The van der Waals surface area contributed by atoms with Gasteiger partial charge in [0.25, 0.3) is 0 Å². The van der Waals surface area contributed by atoms with Gasteiger partial charge in [0.1, 0.15) is 0 Å². The first kappa shape index (κ1) is 39.6. The molecule has 4 heteroatoms. The van der Waals surface area contributed by atoms with Crippen molar-refractivity contribution in [1.82, 2.24) is 0 Å². The van der Waals surface area contributed by atoms with Crippen LogP contribution in [0.2, 0.25) is 0 Å². The maximum absolute atomic E-state index is 8.89. The summed E-state index contributed by atoms with van der Waals surface area (Å²) in [5.41, 5.74) is 0. The van der Waals surface area contributed by atoms with Crippen molar-refractivity contribution in [3.63, 3.8) is 0 Å². The second-order valence-electron chi connectivity index (χ2n) is 9.88. The summed E-state index contributed by atoms with van der Waals surface area (Å²) in [6, 6.07) is 0. The van der Waals surface area contributed by atoms with Crippen molar-refractivity contribution in [2.45, 2.75) is 175 Å². The third-order valence-corrected chi connectivity index (χ3v) is 6.28. The van der Waals surface area contributed by atoms with Gasteiger partial charge in [0, 0.05) is 19.2 Å². The number of aliphatic carboxylic acids is 1. The van der Waals surface area contributed by atoms with Gasteiger partial charge in [-0.05, 0) is 19.8 Å². The van der Waals surface area contributed by atoms with E-state index < -0.39 is 5.97 Å². The number of hydrogen-bond acceptors (Lipinski definition) is 3. The molecule has 0 saturated carbocycles. The summed E-state index contributed by atoms with van der Waals surface area (Å²) in [6.45, 7) is 7.56. The van der Waals surface area contributed by atoms with Crippen LogP contribution < -0.4 is 56.5 Å². The number of carboxylic acid groups (broad SMARTS) is 1. The number of carboxylic acids is 1. The van der Waals surface area contributed by atoms with Crippen LogP contribution >= 0.6 is 0 Å². The first-order chi connectivity index (χ1) is 16.1. The Labute approximate surface area is 257 Å². The molecule has 3 nitrogen and oxygen atoms in total. The number of ether oxygens (including phenoxy) is 1. The Morgan fingerprint density at radius 3 is 0.853 bits per heavy atom. The van der Waals surface area contributed by atoms with E-state index in [1.165, 1.54) is 154 Å². The number of rotatable bonds is 26. The van der Waals surface area contributed by atoms with Crippen molar-refractivity contribution in [3.05, 3.63) is 0 Å². The SMILES string of the molecule is CC(=O)[O-].CCCCCCCCCCCCCCOCCCCCCCCCCCCCC.[K+]. The molecule has 0 radical (unpaired) electrons. The molecule has 0 heterocycles. The van der Waals surface area contributed by atoms with Crippen LogP contribution in [-0.4, -0.2) is 19.2 Å².